The van der Waals surface area contributed by atoms with E-state index < -0.39 is 66.2 Å². The monoisotopic (exact) mass is 777 g/mol. The SMILES string of the molecule is O=C(O)CC[C@H](NC(=O)CC[C@@H](CC(=O)COCCOCCNC(=O)CBr)C(=O)O)C(=O)N(CCNC(=O)CCl)CCNC(=O)CCl. The topological polar surface area (TPSA) is 247 Å². The van der Waals surface area contributed by atoms with Crippen molar-refractivity contribution >= 4 is 86.4 Å². The van der Waals surface area contributed by atoms with Gasteiger partial charge in [0.2, 0.25) is 29.5 Å². The maximum atomic E-state index is 13.4. The summed E-state index contributed by atoms with van der Waals surface area (Å²) >= 11 is 13.9. The predicted molar refractivity (Wildman–Crippen MR) is 171 cm³/mol. The average Bonchev–Trinajstić information content (AvgIpc) is 3.04. The Morgan fingerprint density at radius 1 is 0.723 bits per heavy atom. The number of ether oxygens (including phenoxy) is 2. The molecule has 0 aliphatic carbocycles. The van der Waals surface area contributed by atoms with Crippen molar-refractivity contribution in [2.24, 2.45) is 5.92 Å². The van der Waals surface area contributed by atoms with Crippen LogP contribution < -0.4 is 21.3 Å². The molecule has 0 heterocycles. The molecule has 0 aromatic carbocycles. The van der Waals surface area contributed by atoms with Gasteiger partial charge < -0.3 is 45.9 Å². The fourth-order valence-corrected chi connectivity index (χ4v) is 4.15. The minimum absolute atomic E-state index is 0.0251. The molecule has 0 unspecified atom stereocenters. The smallest absolute Gasteiger partial charge is 0.306 e. The number of halogens is 3. The summed E-state index contributed by atoms with van der Waals surface area (Å²) in [5.74, 6) is -7.57. The summed E-state index contributed by atoms with van der Waals surface area (Å²) in [5, 5.41) is 28.9. The second-order valence-electron chi connectivity index (χ2n) is 9.81. The van der Waals surface area contributed by atoms with Crippen LogP contribution in [0.25, 0.3) is 0 Å². The Kier molecular flexibility index (Phi) is 25.2. The van der Waals surface area contributed by atoms with Gasteiger partial charge in [-0.25, -0.2) is 0 Å². The minimum Gasteiger partial charge on any atom is -0.481 e. The number of Topliss-reactive ketones (excluding diaryl/α,β-unsaturated/α-hetero) is 1. The Labute approximate surface area is 290 Å². The predicted octanol–water partition coefficient (Wildman–Crippen LogP) is -1.14. The van der Waals surface area contributed by atoms with E-state index in [1.807, 2.05) is 0 Å². The first-order valence-corrected chi connectivity index (χ1v) is 16.7. The van der Waals surface area contributed by atoms with Crippen molar-refractivity contribution in [1.29, 1.82) is 0 Å². The highest BCUT2D eigenvalue weighted by Crippen LogP contribution is 2.14. The molecule has 268 valence electrons. The lowest BCUT2D eigenvalue weighted by Crippen LogP contribution is -2.52. The Hall–Kier alpha value is -3.06. The Bertz CT molecular complexity index is 1030. The normalized spacial score (nSPS) is 11.9. The molecule has 0 spiro atoms. The van der Waals surface area contributed by atoms with E-state index in [1.165, 1.54) is 4.90 Å². The first-order chi connectivity index (χ1) is 22.3. The number of ketones is 1. The molecular formula is C27H42BrCl2N5O12. The van der Waals surface area contributed by atoms with Gasteiger partial charge in [-0.1, -0.05) is 15.9 Å². The largest absolute Gasteiger partial charge is 0.481 e. The average molecular weight is 779 g/mol. The lowest BCUT2D eigenvalue weighted by Gasteiger charge is -2.28. The summed E-state index contributed by atoms with van der Waals surface area (Å²) in [6, 6.07) is -1.33. The highest BCUT2D eigenvalue weighted by atomic mass is 79.9. The van der Waals surface area contributed by atoms with Gasteiger partial charge in [0.25, 0.3) is 0 Å². The molecule has 2 atom stereocenters. The first-order valence-electron chi connectivity index (χ1n) is 14.5. The van der Waals surface area contributed by atoms with E-state index in [4.69, 9.17) is 37.8 Å². The van der Waals surface area contributed by atoms with Crippen molar-refractivity contribution < 1.29 is 58.0 Å². The third-order valence-electron chi connectivity index (χ3n) is 6.11. The molecule has 0 aromatic heterocycles. The number of carboxylic acids is 2. The second kappa shape index (κ2) is 26.9. The first kappa shape index (κ1) is 43.9. The zero-order chi connectivity index (χ0) is 35.6. The molecule has 0 saturated heterocycles. The van der Waals surface area contributed by atoms with Crippen molar-refractivity contribution in [1.82, 2.24) is 26.2 Å². The van der Waals surface area contributed by atoms with Crippen molar-refractivity contribution in [3.05, 3.63) is 0 Å². The lowest BCUT2D eigenvalue weighted by molar-refractivity contribution is -0.145. The second-order valence-corrected chi connectivity index (χ2v) is 10.9. The van der Waals surface area contributed by atoms with Gasteiger partial charge in [0.15, 0.2) is 5.78 Å². The van der Waals surface area contributed by atoms with Crippen molar-refractivity contribution in [2.75, 3.05) is 76.2 Å². The summed E-state index contributed by atoms with van der Waals surface area (Å²) in [6.45, 7) is 0.175. The summed E-state index contributed by atoms with van der Waals surface area (Å²) < 4.78 is 10.4. The van der Waals surface area contributed by atoms with Crippen LogP contribution in [0, 0.1) is 5.92 Å². The van der Waals surface area contributed by atoms with Gasteiger partial charge in [-0.15, -0.1) is 23.2 Å². The quantitative estimate of drug-likeness (QED) is 0.0408. The van der Waals surface area contributed by atoms with Crippen molar-refractivity contribution in [3.63, 3.8) is 0 Å². The Balaban J connectivity index is 5.09. The number of amides is 5. The molecule has 0 aliphatic heterocycles. The lowest BCUT2D eigenvalue weighted by atomic mass is 9.97. The van der Waals surface area contributed by atoms with Crippen LogP contribution in [-0.4, -0.2) is 145 Å². The van der Waals surface area contributed by atoms with E-state index in [-0.39, 0.29) is 94.9 Å². The van der Waals surface area contributed by atoms with Crippen LogP contribution in [0.5, 0.6) is 0 Å². The molecule has 20 heteroatoms. The van der Waals surface area contributed by atoms with E-state index in [0.29, 0.717) is 6.54 Å². The third kappa shape index (κ3) is 23.0. The molecule has 0 bridgehead atoms. The number of hydrogen-bond acceptors (Lipinski definition) is 10. The van der Waals surface area contributed by atoms with Crippen LogP contribution >= 0.6 is 39.1 Å². The molecule has 0 rings (SSSR count). The maximum Gasteiger partial charge on any atom is 0.306 e. The van der Waals surface area contributed by atoms with Gasteiger partial charge in [-0.3, -0.25) is 38.4 Å². The van der Waals surface area contributed by atoms with Crippen LogP contribution in [0.2, 0.25) is 0 Å². The standard InChI is InChI=1S/C27H42BrCl2N5O12/c28-14-22(38)33-7-10-46-11-12-47-17-19(36)13-18(27(44)45)1-3-21(37)34-20(2-4-25(41)42)26(43)35(8-5-31-23(39)15-29)9-6-32-24(40)16-30/h18,20H,1-17H2,(H,31,39)(H,32,40)(H,33,38)(H,34,37)(H,41,42)(H,44,45)/t18-,20-/m0/s1. The fraction of sp³-hybridized carbons (Fsp3) is 0.704. The van der Waals surface area contributed by atoms with Gasteiger partial charge in [0.05, 0.1) is 31.1 Å². The van der Waals surface area contributed by atoms with Gasteiger partial charge in [0.1, 0.15) is 24.4 Å². The number of rotatable bonds is 28. The molecule has 5 amide bonds. The van der Waals surface area contributed by atoms with E-state index >= 15 is 0 Å². The highest BCUT2D eigenvalue weighted by Gasteiger charge is 2.28. The van der Waals surface area contributed by atoms with Crippen LogP contribution in [0.3, 0.4) is 0 Å². The van der Waals surface area contributed by atoms with Gasteiger partial charge in [0, 0.05) is 52.0 Å². The number of aliphatic carboxylic acids is 2. The summed E-state index contributed by atoms with van der Waals surface area (Å²) in [4.78, 5) is 96.8. The summed E-state index contributed by atoms with van der Waals surface area (Å²) in [7, 11) is 0. The zero-order valence-corrected chi connectivity index (χ0v) is 28.8. The molecule has 0 aromatic rings. The minimum atomic E-state index is -1.33. The van der Waals surface area contributed by atoms with E-state index in [9.17, 15) is 43.5 Å². The molecular weight excluding hydrogens is 737 g/mol. The van der Waals surface area contributed by atoms with Gasteiger partial charge in [-0.05, 0) is 12.8 Å². The number of nitrogens with zero attached hydrogens (tertiary/aromatic N) is 1. The molecule has 0 aliphatic rings. The highest BCUT2D eigenvalue weighted by molar-refractivity contribution is 9.09. The third-order valence-corrected chi connectivity index (χ3v) is 7.11. The number of hydrogen-bond donors (Lipinski definition) is 6. The van der Waals surface area contributed by atoms with Gasteiger partial charge in [-0.2, -0.15) is 0 Å². The number of alkyl halides is 3. The molecule has 0 saturated carbocycles. The van der Waals surface area contributed by atoms with Crippen molar-refractivity contribution in [3.8, 4) is 0 Å². The number of carboxylic acid groups (broad SMARTS) is 2. The molecule has 0 fully saturated rings. The molecule has 47 heavy (non-hydrogen) atoms. The molecule has 17 nitrogen and oxygen atoms in total. The number of carbonyl (C=O) groups is 8. The summed E-state index contributed by atoms with van der Waals surface area (Å²) in [5.41, 5.74) is 0. The molecule has 6 N–H and O–H groups in total. The maximum absolute atomic E-state index is 13.4. The van der Waals surface area contributed by atoms with Crippen LogP contribution in [0.4, 0.5) is 0 Å². The van der Waals surface area contributed by atoms with Crippen LogP contribution in [0.1, 0.15) is 32.1 Å². The zero-order valence-electron chi connectivity index (χ0n) is 25.7. The van der Waals surface area contributed by atoms with Crippen LogP contribution in [0.15, 0.2) is 0 Å². The Morgan fingerprint density at radius 2 is 1.30 bits per heavy atom. The van der Waals surface area contributed by atoms with E-state index in [1.54, 1.807) is 0 Å². The molecule has 0 radical (unpaired) electrons. The fourth-order valence-electron chi connectivity index (χ4n) is 3.77. The van der Waals surface area contributed by atoms with Crippen molar-refractivity contribution in [2.45, 2.75) is 38.1 Å². The number of carbonyl (C=O) groups excluding carboxylic acids is 6. The van der Waals surface area contributed by atoms with Gasteiger partial charge >= 0.3 is 11.9 Å². The number of nitrogens with one attached hydrogen (secondary N) is 4. The van der Waals surface area contributed by atoms with E-state index in [2.05, 4.69) is 37.2 Å². The van der Waals surface area contributed by atoms with Crippen LogP contribution in [-0.2, 0) is 47.8 Å². The Morgan fingerprint density at radius 3 is 1.83 bits per heavy atom. The van der Waals surface area contributed by atoms with E-state index in [0.717, 1.165) is 0 Å². The summed E-state index contributed by atoms with van der Waals surface area (Å²) in [6.07, 6.45) is -1.85.